The van der Waals surface area contributed by atoms with Crippen molar-refractivity contribution in [3.63, 3.8) is 0 Å². The van der Waals surface area contributed by atoms with Gasteiger partial charge < -0.3 is 10.0 Å². The molecule has 1 aromatic rings. The molecule has 0 atom stereocenters. The van der Waals surface area contributed by atoms with Crippen LogP contribution in [-0.4, -0.2) is 30.8 Å². The van der Waals surface area contributed by atoms with E-state index in [0.29, 0.717) is 0 Å². The van der Waals surface area contributed by atoms with Gasteiger partial charge in [-0.05, 0) is 6.08 Å². The summed E-state index contributed by atoms with van der Waals surface area (Å²) in [5.41, 5.74) is 0. The third-order valence-corrected chi connectivity index (χ3v) is 2.41. The van der Waals surface area contributed by atoms with Crippen molar-refractivity contribution in [2.24, 2.45) is 0 Å². The van der Waals surface area contributed by atoms with Gasteiger partial charge in [0.05, 0.1) is 6.61 Å². The smallest absolute Gasteiger partial charge is 0.185 e. The summed E-state index contributed by atoms with van der Waals surface area (Å²) in [6, 6.07) is 0. The molecule has 0 bridgehead atoms. The highest BCUT2D eigenvalue weighted by Crippen LogP contribution is 2.20. The van der Waals surface area contributed by atoms with E-state index in [9.17, 15) is 0 Å². The molecule has 66 valence electrons. The molecule has 1 heterocycles. The molecule has 0 aromatic carbocycles. The van der Waals surface area contributed by atoms with Crippen molar-refractivity contribution in [3.8, 4) is 0 Å². The van der Waals surface area contributed by atoms with Crippen molar-refractivity contribution in [3.05, 3.63) is 17.2 Å². The molecule has 0 radical (unpaired) electrons. The Labute approximate surface area is 76.0 Å². The van der Waals surface area contributed by atoms with Crippen LogP contribution < -0.4 is 4.90 Å². The number of aliphatic hydroxyl groups excluding tert-OH is 1. The lowest BCUT2D eigenvalue weighted by Crippen LogP contribution is -2.07. The number of thiazole rings is 1. The number of aliphatic hydroxyl groups is 1. The molecule has 4 heteroatoms. The van der Waals surface area contributed by atoms with Crippen LogP contribution in [0.15, 0.2) is 12.3 Å². The molecule has 0 saturated heterocycles. The van der Waals surface area contributed by atoms with E-state index in [1.165, 1.54) is 0 Å². The van der Waals surface area contributed by atoms with Crippen LogP contribution in [-0.2, 0) is 0 Å². The van der Waals surface area contributed by atoms with Crippen LogP contribution in [0, 0.1) is 0 Å². The Morgan fingerprint density at radius 2 is 2.42 bits per heavy atom. The fourth-order valence-corrected chi connectivity index (χ4v) is 1.50. The van der Waals surface area contributed by atoms with Crippen molar-refractivity contribution < 1.29 is 5.11 Å². The second-order valence-electron chi connectivity index (χ2n) is 2.52. The molecule has 3 nitrogen and oxygen atoms in total. The number of aromatic nitrogens is 1. The van der Waals surface area contributed by atoms with Gasteiger partial charge in [-0.3, -0.25) is 0 Å². The van der Waals surface area contributed by atoms with Gasteiger partial charge in [-0.15, -0.1) is 0 Å². The van der Waals surface area contributed by atoms with E-state index in [2.05, 4.69) is 4.98 Å². The maximum absolute atomic E-state index is 8.53. The number of hydrogen-bond donors (Lipinski definition) is 1. The van der Waals surface area contributed by atoms with Gasteiger partial charge in [-0.25, -0.2) is 4.98 Å². The van der Waals surface area contributed by atoms with Crippen LogP contribution in [0.4, 0.5) is 5.13 Å². The summed E-state index contributed by atoms with van der Waals surface area (Å²) >= 11 is 1.60. The third-order valence-electron chi connectivity index (χ3n) is 1.28. The van der Waals surface area contributed by atoms with Crippen molar-refractivity contribution in [2.45, 2.75) is 0 Å². The molecule has 0 amide bonds. The lowest BCUT2D eigenvalue weighted by atomic mass is 10.5. The molecule has 1 N–H and O–H groups in total. The largest absolute Gasteiger partial charge is 0.392 e. The zero-order valence-electron chi connectivity index (χ0n) is 7.19. The van der Waals surface area contributed by atoms with E-state index in [0.717, 1.165) is 10.0 Å². The van der Waals surface area contributed by atoms with Gasteiger partial charge >= 0.3 is 0 Å². The quantitative estimate of drug-likeness (QED) is 0.767. The minimum Gasteiger partial charge on any atom is -0.392 e. The summed E-state index contributed by atoms with van der Waals surface area (Å²) in [4.78, 5) is 7.20. The van der Waals surface area contributed by atoms with E-state index >= 15 is 0 Å². The number of nitrogens with zero attached hydrogens (tertiary/aromatic N) is 2. The van der Waals surface area contributed by atoms with Gasteiger partial charge in [0.1, 0.15) is 0 Å². The van der Waals surface area contributed by atoms with Crippen LogP contribution in [0.5, 0.6) is 0 Å². The summed E-state index contributed by atoms with van der Waals surface area (Å²) < 4.78 is 0. The second-order valence-corrected chi connectivity index (χ2v) is 3.57. The monoisotopic (exact) mass is 184 g/mol. The summed E-state index contributed by atoms with van der Waals surface area (Å²) in [6.45, 7) is 0.0786. The van der Waals surface area contributed by atoms with Gasteiger partial charge in [0.25, 0.3) is 0 Å². The highest BCUT2D eigenvalue weighted by atomic mass is 32.1. The summed E-state index contributed by atoms with van der Waals surface area (Å²) in [6.07, 6.45) is 5.36. The molecule has 0 aliphatic rings. The normalized spacial score (nSPS) is 10.9. The van der Waals surface area contributed by atoms with E-state index in [1.807, 2.05) is 25.1 Å². The first-order valence-corrected chi connectivity index (χ1v) is 4.46. The van der Waals surface area contributed by atoms with Crippen LogP contribution in [0.3, 0.4) is 0 Å². The van der Waals surface area contributed by atoms with E-state index in [1.54, 1.807) is 23.6 Å². The molecule has 12 heavy (non-hydrogen) atoms. The van der Waals surface area contributed by atoms with Gasteiger partial charge in [0.2, 0.25) is 0 Å². The van der Waals surface area contributed by atoms with Crippen LogP contribution >= 0.6 is 11.3 Å². The minimum absolute atomic E-state index is 0.0786. The highest BCUT2D eigenvalue weighted by Gasteiger charge is 1.99. The summed E-state index contributed by atoms with van der Waals surface area (Å²) in [7, 11) is 3.91. The first-order chi connectivity index (χ1) is 5.74. The summed E-state index contributed by atoms with van der Waals surface area (Å²) in [5.74, 6) is 0. The first-order valence-electron chi connectivity index (χ1n) is 3.64. The lowest BCUT2D eigenvalue weighted by Gasteiger charge is -2.04. The Morgan fingerprint density at radius 3 is 2.92 bits per heavy atom. The topological polar surface area (TPSA) is 36.4 Å². The zero-order valence-corrected chi connectivity index (χ0v) is 8.01. The Kier molecular flexibility index (Phi) is 3.25. The van der Waals surface area contributed by atoms with Crippen LogP contribution in [0.2, 0.25) is 0 Å². The number of rotatable bonds is 3. The maximum atomic E-state index is 8.53. The van der Waals surface area contributed by atoms with Gasteiger partial charge in [-0.1, -0.05) is 17.4 Å². The second kappa shape index (κ2) is 4.23. The fraction of sp³-hybridized carbons (Fsp3) is 0.375. The maximum Gasteiger partial charge on any atom is 0.185 e. The molecule has 0 fully saturated rings. The molecule has 1 rings (SSSR count). The third kappa shape index (κ3) is 2.32. The molecule has 0 aliphatic heterocycles. The number of hydrogen-bond acceptors (Lipinski definition) is 4. The van der Waals surface area contributed by atoms with E-state index in [4.69, 9.17) is 5.11 Å². The lowest BCUT2D eigenvalue weighted by molar-refractivity contribution is 0.343. The van der Waals surface area contributed by atoms with E-state index in [-0.39, 0.29) is 6.61 Å². The summed E-state index contributed by atoms with van der Waals surface area (Å²) in [5, 5.41) is 9.51. The Hall–Kier alpha value is -0.870. The first kappa shape index (κ1) is 9.22. The zero-order chi connectivity index (χ0) is 8.97. The molecule has 0 saturated carbocycles. The predicted molar refractivity (Wildman–Crippen MR) is 52.6 cm³/mol. The Morgan fingerprint density at radius 1 is 1.67 bits per heavy atom. The average molecular weight is 184 g/mol. The van der Waals surface area contributed by atoms with Crippen molar-refractivity contribution >= 4 is 22.5 Å². The number of anilines is 1. The molecule has 0 spiro atoms. The molecular formula is C8H12N2OS. The standard InChI is InChI=1S/C8H12N2OS/c1-10(2)8-9-6-7(12-8)4-3-5-11/h3-4,6,11H,5H2,1-2H3/b4-3+. The van der Waals surface area contributed by atoms with E-state index < -0.39 is 0 Å². The Balaban J connectivity index is 2.70. The van der Waals surface area contributed by atoms with Crippen molar-refractivity contribution in [1.29, 1.82) is 0 Å². The molecule has 0 unspecified atom stereocenters. The van der Waals surface area contributed by atoms with Crippen LogP contribution in [0.25, 0.3) is 6.08 Å². The van der Waals surface area contributed by atoms with Crippen LogP contribution in [0.1, 0.15) is 4.88 Å². The van der Waals surface area contributed by atoms with Crippen molar-refractivity contribution in [2.75, 3.05) is 25.6 Å². The fourth-order valence-electron chi connectivity index (χ4n) is 0.730. The molecular weight excluding hydrogens is 172 g/mol. The molecule has 1 aromatic heterocycles. The average Bonchev–Trinajstić information content (AvgIpc) is 2.48. The van der Waals surface area contributed by atoms with Crippen molar-refractivity contribution in [1.82, 2.24) is 4.98 Å². The minimum atomic E-state index is 0.0786. The molecule has 0 aliphatic carbocycles. The predicted octanol–water partition coefficient (Wildman–Crippen LogP) is 1.21. The highest BCUT2D eigenvalue weighted by molar-refractivity contribution is 7.16. The van der Waals surface area contributed by atoms with Gasteiger partial charge in [0, 0.05) is 25.2 Å². The van der Waals surface area contributed by atoms with Gasteiger partial charge in [0.15, 0.2) is 5.13 Å². The van der Waals surface area contributed by atoms with Gasteiger partial charge in [-0.2, -0.15) is 0 Å². The Bertz CT molecular complexity index is 268. The SMILES string of the molecule is CN(C)c1ncc(/C=C/CO)s1.